The molecule has 1 aromatic heterocycles. The summed E-state index contributed by atoms with van der Waals surface area (Å²) in [6.45, 7) is 0.464. The predicted molar refractivity (Wildman–Crippen MR) is 60.2 cm³/mol. The van der Waals surface area contributed by atoms with Gasteiger partial charge in [0.05, 0.1) is 12.1 Å². The van der Waals surface area contributed by atoms with E-state index in [1.807, 2.05) is 0 Å². The molecular formula is C12H15F3N2O2. The summed E-state index contributed by atoms with van der Waals surface area (Å²) in [6, 6.07) is 1.09. The van der Waals surface area contributed by atoms with Crippen LogP contribution in [-0.4, -0.2) is 34.7 Å². The van der Waals surface area contributed by atoms with Crippen LogP contribution in [0.5, 0.6) is 0 Å². The molecule has 1 aromatic rings. The lowest BCUT2D eigenvalue weighted by molar-refractivity contribution is -0.165. The van der Waals surface area contributed by atoms with E-state index >= 15 is 0 Å². The first-order chi connectivity index (χ1) is 8.87. The van der Waals surface area contributed by atoms with Gasteiger partial charge in [-0.1, -0.05) is 5.16 Å². The number of carbonyl (C=O) groups excluding carboxylic acids is 1. The first-order valence-electron chi connectivity index (χ1n) is 6.12. The van der Waals surface area contributed by atoms with Gasteiger partial charge in [-0.2, -0.15) is 13.2 Å². The van der Waals surface area contributed by atoms with E-state index in [-0.39, 0.29) is 18.4 Å². The second-order valence-electron chi connectivity index (χ2n) is 4.88. The van der Waals surface area contributed by atoms with Gasteiger partial charge in [-0.15, -0.1) is 0 Å². The Kier molecular flexibility index (Phi) is 3.82. The number of halogens is 3. The minimum Gasteiger partial charge on any atom is -0.364 e. The van der Waals surface area contributed by atoms with Crippen molar-refractivity contribution in [3.05, 3.63) is 18.0 Å². The van der Waals surface area contributed by atoms with Gasteiger partial charge in [0.15, 0.2) is 0 Å². The molecule has 0 bridgehead atoms. The number of aromatic nitrogens is 1. The fraction of sp³-hybridized carbons (Fsp3) is 0.667. The summed E-state index contributed by atoms with van der Waals surface area (Å²) in [4.78, 5) is 12.9. The molecule has 1 amide bonds. The van der Waals surface area contributed by atoms with Crippen LogP contribution in [0, 0.1) is 5.92 Å². The van der Waals surface area contributed by atoms with Crippen molar-refractivity contribution in [2.24, 2.45) is 5.92 Å². The molecule has 2 rings (SSSR count). The normalized spacial score (nSPS) is 17.3. The van der Waals surface area contributed by atoms with Gasteiger partial charge in [0, 0.05) is 12.1 Å². The van der Waals surface area contributed by atoms with E-state index in [1.165, 1.54) is 12.3 Å². The van der Waals surface area contributed by atoms with Crippen LogP contribution in [0.15, 0.2) is 16.9 Å². The first kappa shape index (κ1) is 13.9. The lowest BCUT2D eigenvalue weighted by Gasteiger charge is -2.30. The van der Waals surface area contributed by atoms with E-state index in [0.717, 1.165) is 17.7 Å². The Balaban J connectivity index is 2.04. The van der Waals surface area contributed by atoms with Crippen molar-refractivity contribution in [1.82, 2.24) is 10.1 Å². The van der Waals surface area contributed by atoms with Gasteiger partial charge in [0.2, 0.25) is 5.91 Å². The molecule has 1 aliphatic carbocycles. The van der Waals surface area contributed by atoms with Crippen molar-refractivity contribution in [1.29, 1.82) is 0 Å². The highest BCUT2D eigenvalue weighted by molar-refractivity contribution is 5.78. The maximum Gasteiger partial charge on any atom is 0.406 e. The number of carbonyl (C=O) groups is 1. The molecule has 4 nitrogen and oxygen atoms in total. The zero-order valence-corrected chi connectivity index (χ0v) is 10.5. The second-order valence-corrected chi connectivity index (χ2v) is 4.88. The Bertz CT molecular complexity index is 427. The Morgan fingerprint density at radius 2 is 2.26 bits per heavy atom. The molecule has 0 unspecified atom stereocenters. The molecule has 1 aliphatic rings. The average molecular weight is 276 g/mol. The molecule has 1 saturated carbocycles. The molecule has 7 heteroatoms. The average Bonchev–Trinajstić information content (AvgIpc) is 3.04. The van der Waals surface area contributed by atoms with Crippen molar-refractivity contribution in [3.8, 4) is 0 Å². The smallest absolute Gasteiger partial charge is 0.364 e. The third-order valence-electron chi connectivity index (χ3n) is 3.29. The van der Waals surface area contributed by atoms with E-state index in [0.29, 0.717) is 5.69 Å². The molecular weight excluding hydrogens is 261 g/mol. The summed E-state index contributed by atoms with van der Waals surface area (Å²) in [7, 11) is 0. The number of nitrogens with zero attached hydrogens (tertiary/aromatic N) is 2. The minimum atomic E-state index is -4.39. The fourth-order valence-corrected chi connectivity index (χ4v) is 2.07. The van der Waals surface area contributed by atoms with Gasteiger partial charge in [0.1, 0.15) is 12.8 Å². The van der Waals surface area contributed by atoms with E-state index in [1.54, 1.807) is 6.92 Å². The second kappa shape index (κ2) is 5.22. The monoisotopic (exact) mass is 276 g/mol. The number of rotatable bonds is 5. The molecule has 0 aliphatic heterocycles. The minimum absolute atomic E-state index is 0.163. The molecule has 0 radical (unpaired) electrons. The molecule has 0 spiro atoms. The summed E-state index contributed by atoms with van der Waals surface area (Å²) in [5.74, 6) is -0.380. The summed E-state index contributed by atoms with van der Waals surface area (Å²) < 4.78 is 42.3. The molecule has 1 fully saturated rings. The topological polar surface area (TPSA) is 46.3 Å². The Morgan fingerprint density at radius 1 is 1.58 bits per heavy atom. The largest absolute Gasteiger partial charge is 0.406 e. The van der Waals surface area contributed by atoms with Gasteiger partial charge >= 0.3 is 6.18 Å². The molecule has 106 valence electrons. The van der Waals surface area contributed by atoms with Crippen LogP contribution in [0.2, 0.25) is 0 Å². The van der Waals surface area contributed by atoms with Gasteiger partial charge in [-0.25, -0.2) is 0 Å². The number of amides is 1. The zero-order valence-electron chi connectivity index (χ0n) is 10.5. The van der Waals surface area contributed by atoms with Crippen molar-refractivity contribution < 1.29 is 22.5 Å². The molecule has 1 heterocycles. The first-order valence-corrected chi connectivity index (χ1v) is 6.12. The Morgan fingerprint density at radius 3 is 2.74 bits per heavy atom. The number of alkyl halides is 3. The quantitative estimate of drug-likeness (QED) is 0.829. The van der Waals surface area contributed by atoms with Gasteiger partial charge < -0.3 is 9.42 Å². The third-order valence-corrected chi connectivity index (χ3v) is 3.29. The van der Waals surface area contributed by atoms with E-state index in [2.05, 4.69) is 9.68 Å². The van der Waals surface area contributed by atoms with Crippen LogP contribution in [0.3, 0.4) is 0 Å². The number of hydrogen-bond donors (Lipinski definition) is 0. The SMILES string of the molecule is C[C@@H](C1CC1)N(CC(F)(F)F)C(=O)Cc1ccon1. The standard InChI is InChI=1S/C12H15F3N2O2/c1-8(9-2-3-9)17(7-12(13,14)15)11(18)6-10-4-5-19-16-10/h4-5,8-9H,2-3,6-7H2,1H3/t8-/m0/s1. The van der Waals surface area contributed by atoms with Crippen molar-refractivity contribution >= 4 is 5.91 Å². The summed E-state index contributed by atoms with van der Waals surface area (Å²) in [6.07, 6.45) is -1.49. The molecule has 0 aromatic carbocycles. The molecule has 19 heavy (non-hydrogen) atoms. The fourth-order valence-electron chi connectivity index (χ4n) is 2.07. The van der Waals surface area contributed by atoms with Crippen molar-refractivity contribution in [3.63, 3.8) is 0 Å². The van der Waals surface area contributed by atoms with Gasteiger partial charge in [-0.05, 0) is 25.7 Å². The van der Waals surface area contributed by atoms with E-state index in [4.69, 9.17) is 0 Å². The van der Waals surface area contributed by atoms with Crippen LogP contribution in [-0.2, 0) is 11.2 Å². The van der Waals surface area contributed by atoms with E-state index in [9.17, 15) is 18.0 Å². The van der Waals surface area contributed by atoms with Crippen molar-refractivity contribution in [2.45, 2.75) is 38.4 Å². The number of hydrogen-bond acceptors (Lipinski definition) is 3. The molecule has 1 atom stereocenters. The Labute approximate surface area is 108 Å². The summed E-state index contributed by atoms with van der Waals surface area (Å²) in [5, 5.41) is 3.55. The zero-order chi connectivity index (χ0) is 14.0. The highest BCUT2D eigenvalue weighted by Gasteiger charge is 2.40. The molecule has 0 N–H and O–H groups in total. The van der Waals surface area contributed by atoms with Crippen LogP contribution < -0.4 is 0 Å². The van der Waals surface area contributed by atoms with Gasteiger partial charge in [0.25, 0.3) is 0 Å². The van der Waals surface area contributed by atoms with Gasteiger partial charge in [-0.3, -0.25) is 4.79 Å². The highest BCUT2D eigenvalue weighted by Crippen LogP contribution is 2.36. The summed E-state index contributed by atoms with van der Waals surface area (Å²) >= 11 is 0. The van der Waals surface area contributed by atoms with Crippen LogP contribution in [0.25, 0.3) is 0 Å². The Hall–Kier alpha value is -1.53. The van der Waals surface area contributed by atoms with Crippen LogP contribution in [0.4, 0.5) is 13.2 Å². The third kappa shape index (κ3) is 3.97. The van der Waals surface area contributed by atoms with Crippen molar-refractivity contribution in [2.75, 3.05) is 6.54 Å². The predicted octanol–water partition coefficient (Wildman–Crippen LogP) is 2.41. The van der Waals surface area contributed by atoms with Crippen LogP contribution >= 0.6 is 0 Å². The maximum atomic E-state index is 12.6. The molecule has 0 saturated heterocycles. The lowest BCUT2D eigenvalue weighted by Crippen LogP contribution is -2.46. The van der Waals surface area contributed by atoms with Crippen LogP contribution in [0.1, 0.15) is 25.5 Å². The maximum absolute atomic E-state index is 12.6. The highest BCUT2D eigenvalue weighted by atomic mass is 19.4. The van der Waals surface area contributed by atoms with E-state index < -0.39 is 18.6 Å². The summed E-state index contributed by atoms with van der Waals surface area (Å²) in [5.41, 5.74) is 0.347. The lowest BCUT2D eigenvalue weighted by atomic mass is 10.1.